The SMILES string of the molecule is COc1c(CN)cnn1-c1ccccc1C(F)(F)F. The summed E-state index contributed by atoms with van der Waals surface area (Å²) in [5.74, 6) is 0.208. The zero-order chi connectivity index (χ0) is 14.0. The van der Waals surface area contributed by atoms with Gasteiger partial charge in [-0.1, -0.05) is 12.1 Å². The molecule has 2 aromatic rings. The first-order valence-corrected chi connectivity index (χ1v) is 5.46. The number of benzene rings is 1. The minimum absolute atomic E-state index is 0.0912. The third kappa shape index (κ3) is 2.41. The predicted octanol–water partition coefficient (Wildman–Crippen LogP) is 2.36. The number of aromatic nitrogens is 2. The number of nitrogens with zero attached hydrogens (tertiary/aromatic N) is 2. The molecule has 2 N–H and O–H groups in total. The number of alkyl halides is 3. The molecule has 0 saturated heterocycles. The van der Waals surface area contributed by atoms with E-state index in [0.29, 0.717) is 5.56 Å². The Bertz CT molecular complexity index is 578. The summed E-state index contributed by atoms with van der Waals surface area (Å²) in [6.45, 7) is 0.136. The van der Waals surface area contributed by atoms with Gasteiger partial charge in [-0.05, 0) is 12.1 Å². The van der Waals surface area contributed by atoms with E-state index in [1.165, 1.54) is 31.5 Å². The van der Waals surface area contributed by atoms with Gasteiger partial charge in [0.05, 0.1) is 24.6 Å². The first-order valence-electron chi connectivity index (χ1n) is 5.46. The summed E-state index contributed by atoms with van der Waals surface area (Å²) < 4.78 is 45.0. The number of halogens is 3. The molecule has 7 heteroatoms. The van der Waals surface area contributed by atoms with Gasteiger partial charge in [-0.15, -0.1) is 0 Å². The molecule has 0 saturated carbocycles. The monoisotopic (exact) mass is 271 g/mol. The smallest absolute Gasteiger partial charge is 0.418 e. The van der Waals surface area contributed by atoms with Crippen molar-refractivity contribution in [2.24, 2.45) is 5.73 Å². The highest BCUT2D eigenvalue weighted by molar-refractivity contribution is 5.46. The zero-order valence-corrected chi connectivity index (χ0v) is 10.1. The van der Waals surface area contributed by atoms with E-state index < -0.39 is 11.7 Å². The second-order valence-electron chi connectivity index (χ2n) is 3.81. The average molecular weight is 271 g/mol. The predicted molar refractivity (Wildman–Crippen MR) is 63.0 cm³/mol. The summed E-state index contributed by atoms with van der Waals surface area (Å²) in [5, 5.41) is 3.91. The molecule has 1 heterocycles. The van der Waals surface area contributed by atoms with Gasteiger partial charge < -0.3 is 10.5 Å². The Morgan fingerprint density at radius 3 is 2.58 bits per heavy atom. The van der Waals surface area contributed by atoms with Gasteiger partial charge in [0.25, 0.3) is 0 Å². The molecular weight excluding hydrogens is 259 g/mol. The minimum atomic E-state index is -4.46. The topological polar surface area (TPSA) is 53.1 Å². The van der Waals surface area contributed by atoms with Gasteiger partial charge in [0.15, 0.2) is 0 Å². The Balaban J connectivity index is 2.63. The molecule has 0 amide bonds. The summed E-state index contributed by atoms with van der Waals surface area (Å²) in [6.07, 6.45) is -3.07. The number of rotatable bonds is 3. The Morgan fingerprint density at radius 2 is 2.00 bits per heavy atom. The van der Waals surface area contributed by atoms with Crippen LogP contribution in [0.2, 0.25) is 0 Å². The van der Waals surface area contributed by atoms with E-state index in [1.807, 2.05) is 0 Å². The van der Waals surface area contributed by atoms with Crippen LogP contribution in [0.15, 0.2) is 30.5 Å². The first-order chi connectivity index (χ1) is 8.99. The van der Waals surface area contributed by atoms with Gasteiger partial charge in [-0.2, -0.15) is 18.3 Å². The summed E-state index contributed by atoms with van der Waals surface area (Å²) >= 11 is 0. The molecule has 19 heavy (non-hydrogen) atoms. The van der Waals surface area contributed by atoms with Crippen LogP contribution in [0.4, 0.5) is 13.2 Å². The lowest BCUT2D eigenvalue weighted by Crippen LogP contribution is -2.12. The van der Waals surface area contributed by atoms with E-state index in [1.54, 1.807) is 0 Å². The summed E-state index contributed by atoms with van der Waals surface area (Å²) in [5.41, 5.74) is 5.16. The molecule has 0 fully saturated rings. The molecule has 0 bridgehead atoms. The van der Waals surface area contributed by atoms with Gasteiger partial charge in [-0.25, -0.2) is 4.68 Å². The summed E-state index contributed by atoms with van der Waals surface area (Å²) in [4.78, 5) is 0. The van der Waals surface area contributed by atoms with E-state index in [-0.39, 0.29) is 18.1 Å². The number of ether oxygens (including phenoxy) is 1. The molecule has 0 radical (unpaired) electrons. The fourth-order valence-electron chi connectivity index (χ4n) is 1.80. The molecule has 102 valence electrons. The average Bonchev–Trinajstić information content (AvgIpc) is 2.80. The van der Waals surface area contributed by atoms with Gasteiger partial charge in [0.2, 0.25) is 5.88 Å². The van der Waals surface area contributed by atoms with E-state index in [2.05, 4.69) is 5.10 Å². The van der Waals surface area contributed by atoms with E-state index in [9.17, 15) is 13.2 Å². The Labute approximate surface area is 107 Å². The van der Waals surface area contributed by atoms with Crippen molar-refractivity contribution >= 4 is 0 Å². The van der Waals surface area contributed by atoms with Crippen LogP contribution in [0.25, 0.3) is 5.69 Å². The maximum absolute atomic E-state index is 13.0. The van der Waals surface area contributed by atoms with E-state index >= 15 is 0 Å². The van der Waals surface area contributed by atoms with Crippen LogP contribution in [0.1, 0.15) is 11.1 Å². The van der Waals surface area contributed by atoms with Crippen LogP contribution >= 0.6 is 0 Å². The third-order valence-electron chi connectivity index (χ3n) is 2.65. The summed E-state index contributed by atoms with van der Waals surface area (Å²) in [7, 11) is 1.36. The standard InChI is InChI=1S/C12H12F3N3O/c1-19-11-8(6-16)7-17-18(11)10-5-3-2-4-9(10)12(13,14)15/h2-5,7H,6,16H2,1H3. The maximum atomic E-state index is 13.0. The number of para-hydroxylation sites is 1. The second-order valence-corrected chi connectivity index (χ2v) is 3.81. The Hall–Kier alpha value is -2.02. The molecule has 0 unspecified atom stereocenters. The highest BCUT2D eigenvalue weighted by atomic mass is 19.4. The molecular formula is C12H12F3N3O. The zero-order valence-electron chi connectivity index (χ0n) is 10.1. The molecule has 0 aliphatic heterocycles. The Morgan fingerprint density at radius 1 is 1.32 bits per heavy atom. The van der Waals surface area contributed by atoms with E-state index in [0.717, 1.165) is 10.7 Å². The van der Waals surface area contributed by atoms with Gasteiger partial charge in [-0.3, -0.25) is 0 Å². The van der Waals surface area contributed by atoms with Gasteiger partial charge in [0.1, 0.15) is 0 Å². The fourth-order valence-corrected chi connectivity index (χ4v) is 1.80. The van der Waals surface area contributed by atoms with Crippen molar-refractivity contribution < 1.29 is 17.9 Å². The van der Waals surface area contributed by atoms with Crippen molar-refractivity contribution in [2.45, 2.75) is 12.7 Å². The fraction of sp³-hybridized carbons (Fsp3) is 0.250. The van der Waals surface area contributed by atoms with Gasteiger partial charge >= 0.3 is 6.18 Å². The van der Waals surface area contributed by atoms with Crippen LogP contribution in [0.3, 0.4) is 0 Å². The molecule has 0 spiro atoms. The largest absolute Gasteiger partial charge is 0.481 e. The van der Waals surface area contributed by atoms with Crippen LogP contribution in [-0.4, -0.2) is 16.9 Å². The van der Waals surface area contributed by atoms with E-state index in [4.69, 9.17) is 10.5 Å². The molecule has 0 atom stereocenters. The second kappa shape index (κ2) is 4.93. The van der Waals surface area contributed by atoms with Crippen LogP contribution in [0.5, 0.6) is 5.88 Å². The number of hydrogen-bond donors (Lipinski definition) is 1. The van der Waals surface area contributed by atoms with Crippen molar-refractivity contribution in [1.29, 1.82) is 0 Å². The minimum Gasteiger partial charge on any atom is -0.481 e. The molecule has 0 aliphatic carbocycles. The maximum Gasteiger partial charge on any atom is 0.418 e. The highest BCUT2D eigenvalue weighted by Gasteiger charge is 2.34. The highest BCUT2D eigenvalue weighted by Crippen LogP contribution is 2.35. The lowest BCUT2D eigenvalue weighted by Gasteiger charge is -2.14. The first kappa shape index (κ1) is 13.4. The van der Waals surface area contributed by atoms with Crippen molar-refractivity contribution in [3.8, 4) is 11.6 Å². The molecule has 4 nitrogen and oxygen atoms in total. The quantitative estimate of drug-likeness (QED) is 0.932. The van der Waals surface area contributed by atoms with Crippen LogP contribution in [-0.2, 0) is 12.7 Å². The van der Waals surface area contributed by atoms with Crippen molar-refractivity contribution in [3.63, 3.8) is 0 Å². The van der Waals surface area contributed by atoms with Crippen molar-refractivity contribution in [3.05, 3.63) is 41.6 Å². The molecule has 0 aliphatic rings. The number of nitrogens with two attached hydrogens (primary N) is 1. The lowest BCUT2D eigenvalue weighted by atomic mass is 10.1. The van der Waals surface area contributed by atoms with Crippen molar-refractivity contribution in [1.82, 2.24) is 9.78 Å². The molecule has 1 aromatic heterocycles. The Kier molecular flexibility index (Phi) is 3.48. The molecule has 2 rings (SSSR count). The third-order valence-corrected chi connectivity index (χ3v) is 2.65. The van der Waals surface area contributed by atoms with Crippen LogP contribution < -0.4 is 10.5 Å². The van der Waals surface area contributed by atoms with Gasteiger partial charge in [0, 0.05) is 12.1 Å². The van der Waals surface area contributed by atoms with Crippen LogP contribution in [0, 0.1) is 0 Å². The molecule has 1 aromatic carbocycles. The number of methoxy groups -OCH3 is 1. The summed E-state index contributed by atoms with van der Waals surface area (Å²) in [6, 6.07) is 5.16. The van der Waals surface area contributed by atoms with Crippen molar-refractivity contribution in [2.75, 3.05) is 7.11 Å². The normalized spacial score (nSPS) is 11.6. The lowest BCUT2D eigenvalue weighted by molar-refractivity contribution is -0.137. The number of hydrogen-bond acceptors (Lipinski definition) is 3.